The highest BCUT2D eigenvalue weighted by Gasteiger charge is 2.29. The molecule has 0 saturated carbocycles. The molecule has 2 unspecified atom stereocenters. The minimum Gasteiger partial charge on any atom is -0.497 e. The van der Waals surface area contributed by atoms with Gasteiger partial charge in [0.1, 0.15) is 5.75 Å². The molecular weight excluding hydrogens is 410 g/mol. The highest BCUT2D eigenvalue weighted by molar-refractivity contribution is 8.01. The first-order valence-corrected chi connectivity index (χ1v) is 10.5. The zero-order chi connectivity index (χ0) is 21.0. The van der Waals surface area contributed by atoms with Crippen LogP contribution in [0.25, 0.3) is 0 Å². The van der Waals surface area contributed by atoms with Crippen LogP contribution in [0.5, 0.6) is 5.75 Å². The summed E-state index contributed by atoms with van der Waals surface area (Å²) in [6.07, 6.45) is 0.108. The quantitative estimate of drug-likeness (QED) is 0.698. The second-order valence-corrected chi connectivity index (χ2v) is 8.68. The maximum Gasteiger partial charge on any atom is 0.238 e. The van der Waals surface area contributed by atoms with E-state index in [2.05, 4.69) is 10.6 Å². The topological polar surface area (TPSA) is 70.7 Å². The molecule has 0 aromatic heterocycles. The van der Waals surface area contributed by atoms with Crippen molar-refractivity contribution in [1.82, 2.24) is 10.2 Å². The Hall–Kier alpha value is -2.22. The summed E-state index contributed by atoms with van der Waals surface area (Å²) >= 11 is 7.36. The van der Waals surface area contributed by atoms with Crippen molar-refractivity contribution < 1.29 is 14.3 Å². The number of benzene rings is 2. The smallest absolute Gasteiger partial charge is 0.238 e. The molecule has 0 spiro atoms. The monoisotopic (exact) mass is 433 g/mol. The van der Waals surface area contributed by atoms with Crippen LogP contribution in [-0.2, 0) is 9.59 Å². The summed E-state index contributed by atoms with van der Waals surface area (Å²) < 4.78 is 5.30. The number of thioether (sulfide) groups is 1. The maximum atomic E-state index is 12.5. The molecule has 29 heavy (non-hydrogen) atoms. The van der Waals surface area contributed by atoms with Crippen molar-refractivity contribution in [3.05, 3.63) is 53.1 Å². The van der Waals surface area contributed by atoms with Crippen molar-refractivity contribution in [2.45, 2.75) is 22.6 Å². The van der Waals surface area contributed by atoms with Gasteiger partial charge >= 0.3 is 0 Å². The Balaban J connectivity index is 1.61. The summed E-state index contributed by atoms with van der Waals surface area (Å²) in [5.41, 5.74) is 1.74. The van der Waals surface area contributed by atoms with Gasteiger partial charge in [0.2, 0.25) is 11.8 Å². The summed E-state index contributed by atoms with van der Waals surface area (Å²) in [5, 5.41) is 5.89. The highest BCUT2D eigenvalue weighted by Crippen LogP contribution is 2.38. The lowest BCUT2D eigenvalue weighted by Crippen LogP contribution is -2.38. The van der Waals surface area contributed by atoms with Crippen molar-refractivity contribution >= 4 is 40.9 Å². The summed E-state index contributed by atoms with van der Waals surface area (Å²) in [4.78, 5) is 27.9. The van der Waals surface area contributed by atoms with E-state index in [0.29, 0.717) is 17.3 Å². The zero-order valence-electron chi connectivity index (χ0n) is 16.6. The van der Waals surface area contributed by atoms with E-state index in [1.807, 2.05) is 49.3 Å². The first kappa shape index (κ1) is 21.5. The molecule has 0 aliphatic carbocycles. The lowest BCUT2D eigenvalue weighted by molar-refractivity contribution is -0.124. The van der Waals surface area contributed by atoms with E-state index in [1.165, 1.54) is 11.8 Å². The standard InChI is InChI=1S/C21H24ClN3O3S/c1-25(2)17(13-5-4-6-15(9-13)28-3)12-23-20(26)11-19-21(27)24-16-10-14(22)7-8-18(16)29-19/h4-10,17,19H,11-12H2,1-3H3,(H,23,26)(H,24,27). The number of likely N-dealkylation sites (N-methyl/N-ethyl adjacent to an activating group) is 1. The number of hydrogen-bond donors (Lipinski definition) is 2. The van der Waals surface area contributed by atoms with Gasteiger partial charge in [-0.15, -0.1) is 11.8 Å². The van der Waals surface area contributed by atoms with Crippen molar-refractivity contribution in [3.8, 4) is 5.75 Å². The molecule has 0 saturated heterocycles. The van der Waals surface area contributed by atoms with E-state index in [4.69, 9.17) is 16.3 Å². The maximum absolute atomic E-state index is 12.5. The van der Waals surface area contributed by atoms with Gasteiger partial charge in [-0.3, -0.25) is 9.59 Å². The minimum absolute atomic E-state index is 0.00949. The number of hydrogen-bond acceptors (Lipinski definition) is 5. The number of fused-ring (bicyclic) bond motifs is 1. The predicted octanol–water partition coefficient (Wildman–Crippen LogP) is 3.57. The number of nitrogens with one attached hydrogen (secondary N) is 2. The third-order valence-corrected chi connectivity index (χ3v) is 6.24. The summed E-state index contributed by atoms with van der Waals surface area (Å²) in [7, 11) is 5.55. The van der Waals surface area contributed by atoms with Gasteiger partial charge < -0.3 is 20.3 Å². The van der Waals surface area contributed by atoms with Crippen LogP contribution < -0.4 is 15.4 Å². The number of halogens is 1. The van der Waals surface area contributed by atoms with Crippen LogP contribution in [0.4, 0.5) is 5.69 Å². The second-order valence-electron chi connectivity index (χ2n) is 7.00. The van der Waals surface area contributed by atoms with Crippen LogP contribution in [0.1, 0.15) is 18.0 Å². The van der Waals surface area contributed by atoms with Gasteiger partial charge in [0.05, 0.1) is 24.1 Å². The SMILES string of the molecule is COc1cccc(C(CNC(=O)CC2Sc3ccc(Cl)cc3NC2=O)N(C)C)c1. The van der Waals surface area contributed by atoms with Crippen molar-refractivity contribution in [2.24, 2.45) is 0 Å². The molecule has 154 valence electrons. The summed E-state index contributed by atoms with van der Waals surface area (Å²) in [5.74, 6) is 0.427. The molecule has 2 atom stereocenters. The molecule has 2 N–H and O–H groups in total. The first-order valence-electron chi connectivity index (χ1n) is 9.21. The Morgan fingerprint density at radius 3 is 2.83 bits per heavy atom. The molecule has 1 aliphatic rings. The van der Waals surface area contributed by atoms with Crippen LogP contribution in [-0.4, -0.2) is 49.7 Å². The molecule has 8 heteroatoms. The van der Waals surface area contributed by atoms with Crippen molar-refractivity contribution in [2.75, 3.05) is 33.1 Å². The molecule has 2 amide bonds. The van der Waals surface area contributed by atoms with Crippen LogP contribution in [0.3, 0.4) is 0 Å². The average Bonchev–Trinajstić information content (AvgIpc) is 2.69. The molecule has 0 radical (unpaired) electrons. The first-order chi connectivity index (χ1) is 13.9. The van der Waals surface area contributed by atoms with E-state index >= 15 is 0 Å². The predicted molar refractivity (Wildman–Crippen MR) is 117 cm³/mol. The third-order valence-electron chi connectivity index (χ3n) is 4.73. The average molecular weight is 434 g/mol. The van der Waals surface area contributed by atoms with E-state index < -0.39 is 5.25 Å². The fraction of sp³-hybridized carbons (Fsp3) is 0.333. The van der Waals surface area contributed by atoms with E-state index in [0.717, 1.165) is 16.2 Å². The second kappa shape index (κ2) is 9.52. The fourth-order valence-corrected chi connectivity index (χ4v) is 4.42. The molecule has 0 fully saturated rings. The lowest BCUT2D eigenvalue weighted by Gasteiger charge is -2.27. The number of rotatable bonds is 7. The highest BCUT2D eigenvalue weighted by atomic mass is 35.5. The van der Waals surface area contributed by atoms with Crippen molar-refractivity contribution in [1.29, 1.82) is 0 Å². The minimum atomic E-state index is -0.474. The Kier molecular flexibility index (Phi) is 7.05. The van der Waals surface area contributed by atoms with Crippen LogP contribution in [0.2, 0.25) is 5.02 Å². The van der Waals surface area contributed by atoms with Gasteiger partial charge in [0.25, 0.3) is 0 Å². The molecule has 1 heterocycles. The zero-order valence-corrected chi connectivity index (χ0v) is 18.1. The Bertz CT molecular complexity index is 906. The molecule has 3 rings (SSSR count). The molecule has 2 aromatic rings. The number of nitrogens with zero attached hydrogens (tertiary/aromatic N) is 1. The Morgan fingerprint density at radius 2 is 2.10 bits per heavy atom. The van der Waals surface area contributed by atoms with E-state index in [9.17, 15) is 9.59 Å². The van der Waals surface area contributed by atoms with E-state index in [1.54, 1.807) is 19.2 Å². The normalized spacial score (nSPS) is 16.7. The number of methoxy groups -OCH3 is 1. The van der Waals surface area contributed by atoms with Gasteiger partial charge in [-0.25, -0.2) is 0 Å². The fourth-order valence-electron chi connectivity index (χ4n) is 3.16. The molecular formula is C21H24ClN3O3S. The van der Waals surface area contributed by atoms with Gasteiger partial charge in [-0.1, -0.05) is 23.7 Å². The van der Waals surface area contributed by atoms with Gasteiger partial charge in [0.15, 0.2) is 0 Å². The van der Waals surface area contributed by atoms with Gasteiger partial charge in [0, 0.05) is 22.9 Å². The van der Waals surface area contributed by atoms with Crippen LogP contribution >= 0.6 is 23.4 Å². The number of carbonyl (C=O) groups excluding carboxylic acids is 2. The molecule has 2 aromatic carbocycles. The number of anilines is 1. The summed E-state index contributed by atoms with van der Waals surface area (Å²) in [6.45, 7) is 0.435. The van der Waals surface area contributed by atoms with Gasteiger partial charge in [-0.05, 0) is 50.0 Å². The molecule has 1 aliphatic heterocycles. The van der Waals surface area contributed by atoms with E-state index in [-0.39, 0.29) is 24.3 Å². The molecule has 0 bridgehead atoms. The van der Waals surface area contributed by atoms with Crippen LogP contribution in [0, 0.1) is 0 Å². The molecule has 6 nitrogen and oxygen atoms in total. The number of ether oxygens (including phenoxy) is 1. The number of amides is 2. The summed E-state index contributed by atoms with van der Waals surface area (Å²) in [6, 6.07) is 13.1. The third kappa shape index (κ3) is 5.44. The Labute approximate surface area is 179 Å². The lowest BCUT2D eigenvalue weighted by atomic mass is 10.1. The largest absolute Gasteiger partial charge is 0.497 e. The Morgan fingerprint density at radius 1 is 1.31 bits per heavy atom. The van der Waals surface area contributed by atoms with Gasteiger partial charge in [-0.2, -0.15) is 0 Å². The van der Waals surface area contributed by atoms with Crippen molar-refractivity contribution in [3.63, 3.8) is 0 Å². The van der Waals surface area contributed by atoms with Crippen LogP contribution in [0.15, 0.2) is 47.4 Å². The number of carbonyl (C=O) groups is 2.